The molecule has 0 atom stereocenters. The number of esters is 1. The summed E-state index contributed by atoms with van der Waals surface area (Å²) in [4.78, 5) is 23.6. The number of carbonyl (C=O) groups is 1. The third-order valence-corrected chi connectivity index (χ3v) is 3.36. The number of fused-ring (bicyclic) bond motifs is 1. The smallest absolute Gasteiger partial charge is 0.338 e. The highest BCUT2D eigenvalue weighted by Crippen LogP contribution is 2.24. The van der Waals surface area contributed by atoms with E-state index >= 15 is 0 Å². The molecule has 2 N–H and O–H groups in total. The molecule has 0 fully saturated rings. The van der Waals surface area contributed by atoms with E-state index < -0.39 is 0 Å². The number of aromatic nitrogens is 3. The predicted molar refractivity (Wildman–Crippen MR) is 88.9 cm³/mol. The fourth-order valence-corrected chi connectivity index (χ4v) is 2.31. The summed E-state index contributed by atoms with van der Waals surface area (Å²) in [7, 11) is 0. The lowest BCUT2D eigenvalue weighted by atomic mass is 10.2. The molecular formula is C17H18N4O2. The van der Waals surface area contributed by atoms with E-state index in [0.29, 0.717) is 18.0 Å². The molecule has 3 aromatic rings. The zero-order valence-electron chi connectivity index (χ0n) is 13.1. The summed E-state index contributed by atoms with van der Waals surface area (Å²) in [5.41, 5.74) is 3.08. The minimum atomic E-state index is -0.319. The van der Waals surface area contributed by atoms with Gasteiger partial charge in [-0.25, -0.2) is 14.8 Å². The van der Waals surface area contributed by atoms with Gasteiger partial charge in [0.2, 0.25) is 0 Å². The van der Waals surface area contributed by atoms with Crippen molar-refractivity contribution in [2.75, 3.05) is 11.9 Å². The Morgan fingerprint density at radius 2 is 2.17 bits per heavy atom. The van der Waals surface area contributed by atoms with Crippen LogP contribution < -0.4 is 5.32 Å². The highest BCUT2D eigenvalue weighted by Gasteiger charge is 2.10. The van der Waals surface area contributed by atoms with Crippen molar-refractivity contribution in [2.24, 2.45) is 0 Å². The Balaban J connectivity index is 1.86. The maximum atomic E-state index is 11.9. The van der Waals surface area contributed by atoms with Crippen molar-refractivity contribution in [1.82, 2.24) is 15.0 Å². The molecule has 23 heavy (non-hydrogen) atoms. The Morgan fingerprint density at radius 3 is 3.00 bits per heavy atom. The molecule has 2 aromatic heterocycles. The first-order valence-electron chi connectivity index (χ1n) is 7.52. The topological polar surface area (TPSA) is 79.9 Å². The van der Waals surface area contributed by atoms with Crippen LogP contribution in [0, 0.1) is 6.92 Å². The summed E-state index contributed by atoms with van der Waals surface area (Å²) < 4.78 is 5.16. The van der Waals surface area contributed by atoms with Gasteiger partial charge < -0.3 is 15.0 Å². The third-order valence-electron chi connectivity index (χ3n) is 3.36. The SMILES string of the molecule is CCCOC(=O)c1cccc(Nc2ncnc3[nH]c(C)cc23)c1. The summed E-state index contributed by atoms with van der Waals surface area (Å²) in [6.07, 6.45) is 2.30. The van der Waals surface area contributed by atoms with Gasteiger partial charge in [0.15, 0.2) is 0 Å². The number of aryl methyl sites for hydroxylation is 1. The first kappa shape index (κ1) is 15.0. The molecule has 1 aromatic carbocycles. The van der Waals surface area contributed by atoms with E-state index in [0.717, 1.165) is 28.8 Å². The fraction of sp³-hybridized carbons (Fsp3) is 0.235. The number of carbonyl (C=O) groups excluding carboxylic acids is 1. The van der Waals surface area contributed by atoms with E-state index in [9.17, 15) is 4.79 Å². The van der Waals surface area contributed by atoms with Crippen LogP contribution in [-0.4, -0.2) is 27.5 Å². The molecule has 0 amide bonds. The molecule has 0 aliphatic heterocycles. The number of nitrogens with one attached hydrogen (secondary N) is 2. The number of benzene rings is 1. The second kappa shape index (κ2) is 6.48. The monoisotopic (exact) mass is 310 g/mol. The van der Waals surface area contributed by atoms with Crippen LogP contribution in [0.1, 0.15) is 29.4 Å². The summed E-state index contributed by atoms with van der Waals surface area (Å²) in [5, 5.41) is 4.14. The van der Waals surface area contributed by atoms with Crippen LogP contribution >= 0.6 is 0 Å². The third kappa shape index (κ3) is 3.31. The van der Waals surface area contributed by atoms with E-state index in [4.69, 9.17) is 4.74 Å². The van der Waals surface area contributed by atoms with Gasteiger partial charge in [-0.2, -0.15) is 0 Å². The van der Waals surface area contributed by atoms with E-state index in [1.54, 1.807) is 12.1 Å². The van der Waals surface area contributed by atoms with Crippen molar-refractivity contribution in [3.8, 4) is 0 Å². The van der Waals surface area contributed by atoms with Crippen molar-refractivity contribution < 1.29 is 9.53 Å². The quantitative estimate of drug-likeness (QED) is 0.704. The minimum absolute atomic E-state index is 0.319. The molecule has 118 valence electrons. The molecule has 6 nitrogen and oxygen atoms in total. The van der Waals surface area contributed by atoms with Crippen LogP contribution in [0.4, 0.5) is 11.5 Å². The van der Waals surface area contributed by atoms with Crippen LogP contribution in [0.25, 0.3) is 11.0 Å². The van der Waals surface area contributed by atoms with Crippen LogP contribution in [0.5, 0.6) is 0 Å². The Morgan fingerprint density at radius 1 is 1.30 bits per heavy atom. The number of nitrogens with zero attached hydrogens (tertiary/aromatic N) is 2. The Hall–Kier alpha value is -2.89. The molecule has 0 saturated carbocycles. The van der Waals surface area contributed by atoms with Crippen LogP contribution in [0.15, 0.2) is 36.7 Å². The van der Waals surface area contributed by atoms with Gasteiger partial charge in [0.25, 0.3) is 0 Å². The standard InChI is InChI=1S/C17H18N4O2/c1-3-7-23-17(22)12-5-4-6-13(9-12)21-16-14-8-11(2)20-15(14)18-10-19-16/h4-6,8-10H,3,7H2,1-2H3,(H2,18,19,20,21). The summed E-state index contributed by atoms with van der Waals surface area (Å²) in [6, 6.07) is 9.16. The maximum Gasteiger partial charge on any atom is 0.338 e. The van der Waals surface area contributed by atoms with Gasteiger partial charge in [-0.3, -0.25) is 0 Å². The molecule has 2 heterocycles. The maximum absolute atomic E-state index is 11.9. The number of ether oxygens (including phenoxy) is 1. The molecular weight excluding hydrogens is 292 g/mol. The lowest BCUT2D eigenvalue weighted by molar-refractivity contribution is 0.0505. The van der Waals surface area contributed by atoms with Crippen LogP contribution in [-0.2, 0) is 4.74 Å². The van der Waals surface area contributed by atoms with Gasteiger partial charge in [-0.15, -0.1) is 0 Å². The van der Waals surface area contributed by atoms with Gasteiger partial charge in [-0.05, 0) is 37.6 Å². The normalized spacial score (nSPS) is 10.7. The molecule has 3 rings (SSSR count). The van der Waals surface area contributed by atoms with Crippen molar-refractivity contribution in [1.29, 1.82) is 0 Å². The fourth-order valence-electron chi connectivity index (χ4n) is 2.31. The number of hydrogen-bond acceptors (Lipinski definition) is 5. The Labute approximate surface area is 133 Å². The number of hydrogen-bond donors (Lipinski definition) is 2. The number of H-pyrrole nitrogens is 1. The largest absolute Gasteiger partial charge is 0.462 e. The molecule has 0 radical (unpaired) electrons. The van der Waals surface area contributed by atoms with Gasteiger partial charge in [0.1, 0.15) is 17.8 Å². The zero-order chi connectivity index (χ0) is 16.2. The van der Waals surface area contributed by atoms with Gasteiger partial charge in [0.05, 0.1) is 17.6 Å². The Bertz CT molecular complexity index is 841. The van der Waals surface area contributed by atoms with Crippen LogP contribution in [0.2, 0.25) is 0 Å². The second-order valence-corrected chi connectivity index (χ2v) is 5.28. The number of aromatic amines is 1. The first-order valence-corrected chi connectivity index (χ1v) is 7.52. The van der Waals surface area contributed by atoms with Gasteiger partial charge in [0, 0.05) is 11.4 Å². The molecule has 0 saturated heterocycles. The number of anilines is 2. The summed E-state index contributed by atoms with van der Waals surface area (Å²) in [6.45, 7) is 4.35. The van der Waals surface area contributed by atoms with Gasteiger partial charge in [-0.1, -0.05) is 13.0 Å². The average Bonchev–Trinajstić information content (AvgIpc) is 2.94. The molecule has 0 bridgehead atoms. The van der Waals surface area contributed by atoms with E-state index in [2.05, 4.69) is 20.3 Å². The second-order valence-electron chi connectivity index (χ2n) is 5.28. The van der Waals surface area contributed by atoms with E-state index in [-0.39, 0.29) is 5.97 Å². The van der Waals surface area contributed by atoms with Crippen molar-refractivity contribution in [3.63, 3.8) is 0 Å². The number of rotatable bonds is 5. The lowest BCUT2D eigenvalue weighted by Crippen LogP contribution is -2.06. The van der Waals surface area contributed by atoms with Crippen molar-refractivity contribution >= 4 is 28.5 Å². The minimum Gasteiger partial charge on any atom is -0.462 e. The first-order chi connectivity index (χ1) is 11.2. The van der Waals surface area contributed by atoms with E-state index in [1.165, 1.54) is 6.33 Å². The van der Waals surface area contributed by atoms with Crippen LogP contribution in [0.3, 0.4) is 0 Å². The molecule has 0 unspecified atom stereocenters. The van der Waals surface area contributed by atoms with Crippen molar-refractivity contribution in [2.45, 2.75) is 20.3 Å². The molecule has 6 heteroatoms. The zero-order valence-corrected chi connectivity index (χ0v) is 13.1. The molecule has 0 aliphatic carbocycles. The van der Waals surface area contributed by atoms with Gasteiger partial charge >= 0.3 is 5.97 Å². The lowest BCUT2D eigenvalue weighted by Gasteiger charge is -2.08. The molecule has 0 aliphatic rings. The highest BCUT2D eigenvalue weighted by atomic mass is 16.5. The summed E-state index contributed by atoms with van der Waals surface area (Å²) in [5.74, 6) is 0.374. The molecule has 0 spiro atoms. The summed E-state index contributed by atoms with van der Waals surface area (Å²) >= 11 is 0. The van der Waals surface area contributed by atoms with E-state index in [1.807, 2.05) is 32.0 Å². The average molecular weight is 310 g/mol. The van der Waals surface area contributed by atoms with Crippen molar-refractivity contribution in [3.05, 3.63) is 47.9 Å². The predicted octanol–water partition coefficient (Wildman–Crippen LogP) is 3.58. The Kier molecular flexibility index (Phi) is 4.23. The highest BCUT2D eigenvalue weighted by molar-refractivity contribution is 5.92.